The van der Waals surface area contributed by atoms with Crippen molar-refractivity contribution in [2.45, 2.75) is 25.3 Å². The predicted molar refractivity (Wildman–Crippen MR) is 46.4 cm³/mol. The van der Waals surface area contributed by atoms with E-state index in [1.807, 2.05) is 11.6 Å². The maximum Gasteiger partial charge on any atom is 0.112 e. The van der Waals surface area contributed by atoms with E-state index in [0.717, 1.165) is 5.01 Å². The van der Waals surface area contributed by atoms with E-state index in [4.69, 9.17) is 5.73 Å². The standard InChI is InChI=1S/C8H12N2S/c1-8(9,6-2-3-6)7-10-4-5-11-7/h4-6H,2-3,9H2,1H3. The number of nitrogens with two attached hydrogens (primary N) is 1. The molecule has 3 heteroatoms. The summed E-state index contributed by atoms with van der Waals surface area (Å²) in [6, 6.07) is 0. The molecule has 0 saturated heterocycles. The lowest BCUT2D eigenvalue weighted by Gasteiger charge is -2.20. The SMILES string of the molecule is CC(N)(c1nccs1)C1CC1. The fourth-order valence-electron chi connectivity index (χ4n) is 1.35. The van der Waals surface area contributed by atoms with Gasteiger partial charge < -0.3 is 5.73 Å². The summed E-state index contributed by atoms with van der Waals surface area (Å²) in [5, 5.41) is 3.07. The molecule has 1 unspecified atom stereocenters. The van der Waals surface area contributed by atoms with Crippen LogP contribution in [-0.4, -0.2) is 4.98 Å². The quantitative estimate of drug-likeness (QED) is 0.730. The van der Waals surface area contributed by atoms with Gasteiger partial charge in [0, 0.05) is 11.6 Å². The minimum atomic E-state index is -0.159. The van der Waals surface area contributed by atoms with Gasteiger partial charge in [0.25, 0.3) is 0 Å². The van der Waals surface area contributed by atoms with Crippen LogP contribution in [-0.2, 0) is 5.54 Å². The Balaban J connectivity index is 2.26. The summed E-state index contributed by atoms with van der Waals surface area (Å²) in [5.41, 5.74) is 5.98. The van der Waals surface area contributed by atoms with Gasteiger partial charge in [0.15, 0.2) is 0 Å². The Labute approximate surface area is 70.5 Å². The molecular formula is C8H12N2S. The van der Waals surface area contributed by atoms with Gasteiger partial charge in [-0.25, -0.2) is 4.98 Å². The Hall–Kier alpha value is -0.410. The van der Waals surface area contributed by atoms with Gasteiger partial charge in [-0.1, -0.05) is 0 Å². The summed E-state index contributed by atoms with van der Waals surface area (Å²) in [5.74, 6) is 0.675. The monoisotopic (exact) mass is 168 g/mol. The van der Waals surface area contributed by atoms with Gasteiger partial charge in [0.2, 0.25) is 0 Å². The van der Waals surface area contributed by atoms with Crippen LogP contribution in [0.3, 0.4) is 0 Å². The number of rotatable bonds is 2. The normalized spacial score (nSPS) is 23.1. The van der Waals surface area contributed by atoms with Crippen molar-refractivity contribution >= 4 is 11.3 Å². The van der Waals surface area contributed by atoms with Gasteiger partial charge in [-0.2, -0.15) is 0 Å². The molecule has 60 valence electrons. The van der Waals surface area contributed by atoms with Crippen LogP contribution in [0.4, 0.5) is 0 Å². The molecule has 0 aromatic carbocycles. The van der Waals surface area contributed by atoms with Crippen molar-refractivity contribution in [2.24, 2.45) is 11.7 Å². The topological polar surface area (TPSA) is 38.9 Å². The first-order valence-electron chi connectivity index (χ1n) is 3.90. The molecule has 0 bridgehead atoms. The minimum Gasteiger partial charge on any atom is -0.319 e. The molecule has 1 saturated carbocycles. The largest absolute Gasteiger partial charge is 0.319 e. The lowest BCUT2D eigenvalue weighted by atomic mass is 9.99. The van der Waals surface area contributed by atoms with Crippen molar-refractivity contribution < 1.29 is 0 Å². The van der Waals surface area contributed by atoms with Crippen LogP contribution < -0.4 is 5.73 Å². The summed E-state index contributed by atoms with van der Waals surface area (Å²) in [6.45, 7) is 2.09. The molecule has 1 heterocycles. The molecular weight excluding hydrogens is 156 g/mol. The third-order valence-electron chi connectivity index (χ3n) is 2.32. The van der Waals surface area contributed by atoms with Crippen LogP contribution in [0.5, 0.6) is 0 Å². The summed E-state index contributed by atoms with van der Waals surface area (Å²) in [7, 11) is 0. The Kier molecular flexibility index (Phi) is 1.51. The zero-order valence-electron chi connectivity index (χ0n) is 6.58. The predicted octanol–water partition coefficient (Wildman–Crippen LogP) is 1.73. The Bertz CT molecular complexity index is 237. The van der Waals surface area contributed by atoms with Gasteiger partial charge in [0.1, 0.15) is 5.01 Å². The first-order valence-corrected chi connectivity index (χ1v) is 4.78. The van der Waals surface area contributed by atoms with Crippen molar-refractivity contribution in [2.75, 3.05) is 0 Å². The fraction of sp³-hybridized carbons (Fsp3) is 0.625. The molecule has 1 aliphatic carbocycles. The van der Waals surface area contributed by atoms with E-state index in [1.165, 1.54) is 12.8 Å². The van der Waals surface area contributed by atoms with Gasteiger partial charge in [0.05, 0.1) is 5.54 Å². The number of nitrogens with zero attached hydrogens (tertiary/aromatic N) is 1. The van der Waals surface area contributed by atoms with E-state index in [-0.39, 0.29) is 5.54 Å². The summed E-state index contributed by atoms with van der Waals surface area (Å²) in [4.78, 5) is 4.24. The molecule has 1 aliphatic rings. The highest BCUT2D eigenvalue weighted by Crippen LogP contribution is 2.44. The second kappa shape index (κ2) is 2.29. The molecule has 0 amide bonds. The van der Waals surface area contributed by atoms with Crippen molar-refractivity contribution in [3.05, 3.63) is 16.6 Å². The molecule has 2 nitrogen and oxygen atoms in total. The molecule has 1 fully saturated rings. The molecule has 2 rings (SSSR count). The smallest absolute Gasteiger partial charge is 0.112 e. The van der Waals surface area contributed by atoms with E-state index in [2.05, 4.69) is 11.9 Å². The Morgan fingerprint density at radius 1 is 1.73 bits per heavy atom. The van der Waals surface area contributed by atoms with Crippen molar-refractivity contribution in [3.63, 3.8) is 0 Å². The first-order chi connectivity index (χ1) is 5.21. The molecule has 0 radical (unpaired) electrons. The van der Waals surface area contributed by atoms with Crippen LogP contribution in [0.2, 0.25) is 0 Å². The highest BCUT2D eigenvalue weighted by Gasteiger charge is 2.41. The molecule has 0 aliphatic heterocycles. The van der Waals surface area contributed by atoms with Crippen molar-refractivity contribution in [3.8, 4) is 0 Å². The Morgan fingerprint density at radius 2 is 2.45 bits per heavy atom. The number of hydrogen-bond acceptors (Lipinski definition) is 3. The lowest BCUT2D eigenvalue weighted by Crippen LogP contribution is -2.35. The van der Waals surface area contributed by atoms with Crippen LogP contribution >= 0.6 is 11.3 Å². The van der Waals surface area contributed by atoms with E-state index < -0.39 is 0 Å². The molecule has 11 heavy (non-hydrogen) atoms. The minimum absolute atomic E-state index is 0.159. The maximum atomic E-state index is 6.14. The van der Waals surface area contributed by atoms with Gasteiger partial charge in [-0.05, 0) is 25.7 Å². The first kappa shape index (κ1) is 7.25. The Morgan fingerprint density at radius 3 is 2.91 bits per heavy atom. The van der Waals surface area contributed by atoms with Gasteiger partial charge >= 0.3 is 0 Å². The third kappa shape index (κ3) is 1.19. The second-order valence-corrected chi connectivity index (χ2v) is 4.29. The summed E-state index contributed by atoms with van der Waals surface area (Å²) < 4.78 is 0. The van der Waals surface area contributed by atoms with E-state index in [0.29, 0.717) is 5.92 Å². The lowest BCUT2D eigenvalue weighted by molar-refractivity contribution is 0.425. The van der Waals surface area contributed by atoms with Crippen LogP contribution in [0.1, 0.15) is 24.8 Å². The molecule has 1 aromatic rings. The maximum absolute atomic E-state index is 6.14. The van der Waals surface area contributed by atoms with Crippen LogP contribution in [0.15, 0.2) is 11.6 Å². The van der Waals surface area contributed by atoms with E-state index in [9.17, 15) is 0 Å². The number of hydrogen-bond donors (Lipinski definition) is 1. The second-order valence-electron chi connectivity index (χ2n) is 3.39. The molecule has 1 aromatic heterocycles. The van der Waals surface area contributed by atoms with Crippen molar-refractivity contribution in [1.29, 1.82) is 0 Å². The molecule has 1 atom stereocenters. The van der Waals surface area contributed by atoms with E-state index in [1.54, 1.807) is 11.3 Å². The van der Waals surface area contributed by atoms with E-state index >= 15 is 0 Å². The number of thiazole rings is 1. The zero-order chi connectivity index (χ0) is 7.90. The molecule has 2 N–H and O–H groups in total. The fourth-order valence-corrected chi connectivity index (χ4v) is 2.14. The highest BCUT2D eigenvalue weighted by atomic mass is 32.1. The van der Waals surface area contributed by atoms with Crippen LogP contribution in [0.25, 0.3) is 0 Å². The third-order valence-corrected chi connectivity index (χ3v) is 3.34. The van der Waals surface area contributed by atoms with Crippen molar-refractivity contribution in [1.82, 2.24) is 4.98 Å². The van der Waals surface area contributed by atoms with Gasteiger partial charge in [-0.15, -0.1) is 11.3 Å². The number of aromatic nitrogens is 1. The van der Waals surface area contributed by atoms with Gasteiger partial charge in [-0.3, -0.25) is 0 Å². The average molecular weight is 168 g/mol. The average Bonchev–Trinajstić information content (AvgIpc) is 2.66. The highest BCUT2D eigenvalue weighted by molar-refractivity contribution is 7.09. The molecule has 0 spiro atoms. The summed E-state index contributed by atoms with van der Waals surface area (Å²) in [6.07, 6.45) is 4.37. The van der Waals surface area contributed by atoms with Crippen LogP contribution in [0, 0.1) is 5.92 Å². The zero-order valence-corrected chi connectivity index (χ0v) is 7.40. The summed E-state index contributed by atoms with van der Waals surface area (Å²) >= 11 is 1.66.